The van der Waals surface area contributed by atoms with E-state index in [1.807, 2.05) is 32.9 Å². The highest BCUT2D eigenvalue weighted by Crippen LogP contribution is 2.20. The minimum absolute atomic E-state index is 0.123. The van der Waals surface area contributed by atoms with Crippen LogP contribution >= 0.6 is 0 Å². The number of carbonyl (C=O) groups is 2. The van der Waals surface area contributed by atoms with Gasteiger partial charge in [-0.15, -0.1) is 0 Å². The third-order valence-corrected chi connectivity index (χ3v) is 3.28. The van der Waals surface area contributed by atoms with Gasteiger partial charge in [-0.1, -0.05) is 29.8 Å². The maximum atomic E-state index is 12.6. The van der Waals surface area contributed by atoms with Crippen molar-refractivity contribution >= 4 is 11.8 Å². The van der Waals surface area contributed by atoms with E-state index in [1.54, 1.807) is 12.1 Å². The molecule has 0 amide bonds. The fourth-order valence-corrected chi connectivity index (χ4v) is 2.48. The first-order valence-corrected chi connectivity index (χ1v) is 6.36. The van der Waals surface area contributed by atoms with E-state index in [0.717, 1.165) is 16.7 Å². The van der Waals surface area contributed by atoms with E-state index in [9.17, 15) is 9.59 Å². The first-order chi connectivity index (χ1) is 9.40. The molecule has 0 saturated carbocycles. The summed E-state index contributed by atoms with van der Waals surface area (Å²) >= 11 is 0. The molecule has 0 atom stereocenters. The molecule has 0 aromatic heterocycles. The molecule has 20 heavy (non-hydrogen) atoms. The Morgan fingerprint density at radius 2 is 1.45 bits per heavy atom. The van der Waals surface area contributed by atoms with Gasteiger partial charge in [-0.25, -0.2) is 4.79 Å². The lowest BCUT2D eigenvalue weighted by Gasteiger charge is -2.10. The van der Waals surface area contributed by atoms with Gasteiger partial charge in [0.1, 0.15) is 0 Å². The number of aryl methyl sites for hydroxylation is 3. The molecule has 0 unspecified atom stereocenters. The molecular formula is C17H16O3. The number of benzene rings is 2. The number of hydrogen-bond acceptors (Lipinski definition) is 2. The number of hydrogen-bond donors (Lipinski definition) is 1. The third-order valence-electron chi connectivity index (χ3n) is 3.28. The van der Waals surface area contributed by atoms with Gasteiger partial charge in [-0.3, -0.25) is 4.79 Å². The van der Waals surface area contributed by atoms with E-state index in [4.69, 9.17) is 5.11 Å². The van der Waals surface area contributed by atoms with Crippen LogP contribution in [-0.4, -0.2) is 16.9 Å². The molecule has 0 heterocycles. The van der Waals surface area contributed by atoms with Gasteiger partial charge in [0.15, 0.2) is 5.78 Å². The SMILES string of the molecule is Cc1cc(C)c(C(=O)c2cccc(C(=O)O)c2)c(C)c1. The van der Waals surface area contributed by atoms with Crippen molar-refractivity contribution in [1.82, 2.24) is 0 Å². The fraction of sp³-hybridized carbons (Fsp3) is 0.176. The van der Waals surface area contributed by atoms with Crippen LogP contribution in [0.5, 0.6) is 0 Å². The van der Waals surface area contributed by atoms with E-state index >= 15 is 0 Å². The second-order valence-electron chi connectivity index (χ2n) is 4.99. The average Bonchev–Trinajstić information content (AvgIpc) is 2.37. The standard InChI is InChI=1S/C17H16O3/c1-10-7-11(2)15(12(3)8-10)16(18)13-5-4-6-14(9-13)17(19)20/h4-9H,1-3H3,(H,19,20). The summed E-state index contributed by atoms with van der Waals surface area (Å²) in [7, 11) is 0. The molecule has 3 nitrogen and oxygen atoms in total. The minimum Gasteiger partial charge on any atom is -0.478 e. The lowest BCUT2D eigenvalue weighted by atomic mass is 9.92. The fourth-order valence-electron chi connectivity index (χ4n) is 2.48. The molecule has 0 fully saturated rings. The zero-order chi connectivity index (χ0) is 14.9. The van der Waals surface area contributed by atoms with Gasteiger partial charge >= 0.3 is 5.97 Å². The minimum atomic E-state index is -1.03. The summed E-state index contributed by atoms with van der Waals surface area (Å²) in [6.45, 7) is 5.78. The summed E-state index contributed by atoms with van der Waals surface area (Å²) in [6.07, 6.45) is 0. The Morgan fingerprint density at radius 3 is 2.00 bits per heavy atom. The zero-order valence-corrected chi connectivity index (χ0v) is 11.7. The molecular weight excluding hydrogens is 252 g/mol. The Balaban J connectivity index is 2.52. The first-order valence-electron chi connectivity index (χ1n) is 6.36. The van der Waals surface area contributed by atoms with Crippen molar-refractivity contribution in [3.63, 3.8) is 0 Å². The second kappa shape index (κ2) is 5.29. The summed E-state index contributed by atoms with van der Waals surface area (Å²) in [5.74, 6) is -1.17. The van der Waals surface area contributed by atoms with Crippen molar-refractivity contribution < 1.29 is 14.7 Å². The molecule has 0 spiro atoms. The number of aromatic carboxylic acids is 1. The van der Waals surface area contributed by atoms with Crippen LogP contribution in [0.15, 0.2) is 36.4 Å². The van der Waals surface area contributed by atoms with E-state index in [0.29, 0.717) is 11.1 Å². The van der Waals surface area contributed by atoms with Crippen LogP contribution in [0.2, 0.25) is 0 Å². The van der Waals surface area contributed by atoms with Crippen molar-refractivity contribution in [2.24, 2.45) is 0 Å². The predicted octanol–water partition coefficient (Wildman–Crippen LogP) is 3.54. The molecule has 0 aliphatic rings. The Labute approximate surface area is 117 Å². The third kappa shape index (κ3) is 2.62. The molecule has 0 saturated heterocycles. The van der Waals surface area contributed by atoms with Crippen LogP contribution in [-0.2, 0) is 0 Å². The number of ketones is 1. The molecule has 3 heteroatoms. The Morgan fingerprint density at radius 1 is 0.900 bits per heavy atom. The maximum Gasteiger partial charge on any atom is 0.335 e. The summed E-state index contributed by atoms with van der Waals surface area (Å²) in [4.78, 5) is 23.6. The summed E-state index contributed by atoms with van der Waals surface area (Å²) < 4.78 is 0. The monoisotopic (exact) mass is 268 g/mol. The highest BCUT2D eigenvalue weighted by molar-refractivity contribution is 6.11. The van der Waals surface area contributed by atoms with Crippen molar-refractivity contribution in [3.05, 3.63) is 69.8 Å². The van der Waals surface area contributed by atoms with Gasteiger partial charge in [-0.2, -0.15) is 0 Å². The van der Waals surface area contributed by atoms with Crippen LogP contribution in [0.25, 0.3) is 0 Å². The highest BCUT2D eigenvalue weighted by atomic mass is 16.4. The molecule has 102 valence electrons. The number of carboxylic acids is 1. The van der Waals surface area contributed by atoms with Crippen LogP contribution in [0.3, 0.4) is 0 Å². The predicted molar refractivity (Wildman–Crippen MR) is 77.5 cm³/mol. The average molecular weight is 268 g/mol. The summed E-state index contributed by atoms with van der Waals surface area (Å²) in [6, 6.07) is 10.1. The lowest BCUT2D eigenvalue weighted by Crippen LogP contribution is -2.08. The van der Waals surface area contributed by atoms with Gasteiger partial charge in [0.2, 0.25) is 0 Å². The smallest absolute Gasteiger partial charge is 0.335 e. The summed E-state index contributed by atoms with van der Waals surface area (Å²) in [5.41, 5.74) is 4.11. The van der Waals surface area contributed by atoms with Crippen molar-refractivity contribution in [2.75, 3.05) is 0 Å². The van der Waals surface area contributed by atoms with E-state index in [2.05, 4.69) is 0 Å². The van der Waals surface area contributed by atoms with Gasteiger partial charge in [0, 0.05) is 11.1 Å². The Hall–Kier alpha value is -2.42. The largest absolute Gasteiger partial charge is 0.478 e. The highest BCUT2D eigenvalue weighted by Gasteiger charge is 2.16. The Kier molecular flexibility index (Phi) is 3.70. The van der Waals surface area contributed by atoms with Gasteiger partial charge in [-0.05, 0) is 44.0 Å². The van der Waals surface area contributed by atoms with E-state index in [-0.39, 0.29) is 11.3 Å². The second-order valence-corrected chi connectivity index (χ2v) is 4.99. The molecule has 2 aromatic rings. The normalized spacial score (nSPS) is 10.3. The molecule has 1 N–H and O–H groups in total. The number of carboxylic acid groups (broad SMARTS) is 1. The van der Waals surface area contributed by atoms with Crippen molar-refractivity contribution in [1.29, 1.82) is 0 Å². The van der Waals surface area contributed by atoms with E-state index in [1.165, 1.54) is 12.1 Å². The lowest BCUT2D eigenvalue weighted by molar-refractivity contribution is 0.0697. The first kappa shape index (κ1) is 14.0. The molecule has 2 aromatic carbocycles. The van der Waals surface area contributed by atoms with E-state index < -0.39 is 5.97 Å². The molecule has 2 rings (SSSR count). The van der Waals surface area contributed by atoms with Crippen LogP contribution in [0.1, 0.15) is 43.0 Å². The van der Waals surface area contributed by atoms with Crippen molar-refractivity contribution in [2.45, 2.75) is 20.8 Å². The van der Waals surface area contributed by atoms with Gasteiger partial charge in [0.05, 0.1) is 5.56 Å². The van der Waals surface area contributed by atoms with Gasteiger partial charge in [0.25, 0.3) is 0 Å². The Bertz CT molecular complexity index is 676. The maximum absolute atomic E-state index is 12.6. The van der Waals surface area contributed by atoms with Crippen LogP contribution in [0.4, 0.5) is 0 Å². The molecule has 0 radical (unpaired) electrons. The van der Waals surface area contributed by atoms with Crippen LogP contribution in [0, 0.1) is 20.8 Å². The van der Waals surface area contributed by atoms with Crippen LogP contribution < -0.4 is 0 Å². The molecule has 0 bridgehead atoms. The number of rotatable bonds is 3. The van der Waals surface area contributed by atoms with Gasteiger partial charge < -0.3 is 5.11 Å². The van der Waals surface area contributed by atoms with Crippen molar-refractivity contribution in [3.8, 4) is 0 Å². The molecule has 0 aliphatic carbocycles. The quantitative estimate of drug-likeness (QED) is 0.866. The number of carbonyl (C=O) groups excluding carboxylic acids is 1. The molecule has 0 aliphatic heterocycles. The zero-order valence-electron chi connectivity index (χ0n) is 11.7. The summed E-state index contributed by atoms with van der Waals surface area (Å²) in [5, 5.41) is 9.00. The topological polar surface area (TPSA) is 54.4 Å².